The molecule has 3 atom stereocenters. The van der Waals surface area contributed by atoms with Crippen LogP contribution in [0.3, 0.4) is 0 Å². The van der Waals surface area contributed by atoms with Gasteiger partial charge in [-0.2, -0.15) is 0 Å². The number of hydrogen-bond donors (Lipinski definition) is 2. The molecule has 4 aromatic rings. The number of sulfone groups is 1. The number of carbonyl (C=O) groups is 2. The van der Waals surface area contributed by atoms with Gasteiger partial charge in [-0.25, -0.2) is 17.8 Å². The standard InChI is InChI=1S/C34H37FN4O6S/c1-4-44-28-20-22(11-14-27(28)35)30(38-23-12-13-24-21(19-23)15-17-37-32(24)36)33(40)39-18-16-26(34(41)45-5-2)31(39)25-9-7-8-10-29(25)46(42,43)6-3/h7-15,17,19-20,26,30-31,38H,4-6,16,18H2,1-3H3,(H2,36,37)/t26-,30+,31-/m0/s1. The predicted octanol–water partition coefficient (Wildman–Crippen LogP) is 5.45. The van der Waals surface area contributed by atoms with Gasteiger partial charge in [-0.05, 0) is 79.2 Å². The molecule has 0 spiro atoms. The number of aromatic nitrogens is 1. The van der Waals surface area contributed by atoms with Gasteiger partial charge < -0.3 is 25.4 Å². The van der Waals surface area contributed by atoms with Gasteiger partial charge in [0.05, 0.1) is 35.8 Å². The maximum absolute atomic E-state index is 14.8. The lowest BCUT2D eigenvalue weighted by Crippen LogP contribution is -2.40. The van der Waals surface area contributed by atoms with E-state index in [4.69, 9.17) is 15.2 Å². The summed E-state index contributed by atoms with van der Waals surface area (Å²) < 4.78 is 52.0. The fourth-order valence-corrected chi connectivity index (χ4v) is 7.11. The Hall–Kier alpha value is -4.71. The van der Waals surface area contributed by atoms with Crippen molar-refractivity contribution in [3.05, 3.63) is 89.9 Å². The molecule has 1 amide bonds. The molecular weight excluding hydrogens is 611 g/mol. The SMILES string of the molecule is CCOC(=O)[C@H]1CCN(C(=O)[C@H](Nc2ccc3c(N)nccc3c2)c2ccc(F)c(OCC)c2)[C@H]1c1ccccc1S(=O)(=O)CC. The van der Waals surface area contributed by atoms with Crippen LogP contribution in [0.4, 0.5) is 15.9 Å². The van der Waals surface area contributed by atoms with Crippen molar-refractivity contribution in [1.29, 1.82) is 0 Å². The number of fused-ring (bicyclic) bond motifs is 1. The molecule has 1 aromatic heterocycles. The molecule has 0 aliphatic carbocycles. The lowest BCUT2D eigenvalue weighted by atomic mass is 9.93. The normalized spacial score (nSPS) is 17.1. The molecule has 1 fully saturated rings. The summed E-state index contributed by atoms with van der Waals surface area (Å²) in [5.74, 6) is -2.15. The van der Waals surface area contributed by atoms with Gasteiger partial charge in [-0.1, -0.05) is 31.2 Å². The van der Waals surface area contributed by atoms with Crippen LogP contribution in [-0.2, 0) is 24.2 Å². The Kier molecular flexibility index (Phi) is 9.76. The highest BCUT2D eigenvalue weighted by Gasteiger charge is 2.46. The summed E-state index contributed by atoms with van der Waals surface area (Å²) in [6, 6.07) is 15.8. The van der Waals surface area contributed by atoms with Crippen LogP contribution in [0.5, 0.6) is 5.75 Å². The van der Waals surface area contributed by atoms with Gasteiger partial charge in [0.1, 0.15) is 11.9 Å². The summed E-state index contributed by atoms with van der Waals surface area (Å²) >= 11 is 0. The number of likely N-dealkylation sites (tertiary alicyclic amines) is 1. The van der Waals surface area contributed by atoms with E-state index in [1.165, 1.54) is 29.2 Å². The third-order valence-electron chi connectivity index (χ3n) is 8.16. The minimum Gasteiger partial charge on any atom is -0.491 e. The van der Waals surface area contributed by atoms with Crippen molar-refractivity contribution in [2.75, 3.05) is 36.6 Å². The van der Waals surface area contributed by atoms with Crippen molar-refractivity contribution < 1.29 is 31.9 Å². The van der Waals surface area contributed by atoms with Crippen LogP contribution in [0.25, 0.3) is 10.8 Å². The van der Waals surface area contributed by atoms with Crippen LogP contribution in [-0.4, -0.2) is 55.7 Å². The molecule has 1 aliphatic heterocycles. The molecule has 46 heavy (non-hydrogen) atoms. The average Bonchev–Trinajstić information content (AvgIpc) is 3.50. The number of nitrogens with zero attached hydrogens (tertiary/aromatic N) is 2. The molecule has 5 rings (SSSR count). The van der Waals surface area contributed by atoms with E-state index in [1.54, 1.807) is 63.4 Å². The summed E-state index contributed by atoms with van der Waals surface area (Å²) in [6.45, 7) is 5.47. The van der Waals surface area contributed by atoms with E-state index in [1.807, 2.05) is 6.07 Å². The van der Waals surface area contributed by atoms with Crippen molar-refractivity contribution >= 4 is 44.0 Å². The molecule has 1 saturated heterocycles. The van der Waals surface area contributed by atoms with Crippen molar-refractivity contribution in [2.45, 2.75) is 44.2 Å². The molecule has 0 saturated carbocycles. The van der Waals surface area contributed by atoms with Gasteiger partial charge >= 0.3 is 5.97 Å². The summed E-state index contributed by atoms with van der Waals surface area (Å²) in [4.78, 5) is 33.7. The average molecular weight is 649 g/mol. The fourth-order valence-electron chi connectivity index (χ4n) is 5.96. The number of halogens is 1. The van der Waals surface area contributed by atoms with Crippen LogP contribution >= 0.6 is 0 Å². The first-order valence-corrected chi connectivity index (χ1v) is 16.9. The molecule has 0 unspecified atom stereocenters. The Morgan fingerprint density at radius 2 is 1.85 bits per heavy atom. The van der Waals surface area contributed by atoms with Crippen molar-refractivity contribution in [3.8, 4) is 5.75 Å². The van der Waals surface area contributed by atoms with Gasteiger partial charge in [-0.15, -0.1) is 0 Å². The third-order valence-corrected chi connectivity index (χ3v) is 9.97. The van der Waals surface area contributed by atoms with Crippen molar-refractivity contribution in [3.63, 3.8) is 0 Å². The first-order valence-electron chi connectivity index (χ1n) is 15.2. The lowest BCUT2D eigenvalue weighted by molar-refractivity contribution is -0.149. The van der Waals surface area contributed by atoms with Crippen LogP contribution in [0.2, 0.25) is 0 Å². The van der Waals surface area contributed by atoms with Gasteiger partial charge in [0.25, 0.3) is 0 Å². The second-order valence-corrected chi connectivity index (χ2v) is 13.1. The smallest absolute Gasteiger partial charge is 0.311 e. The van der Waals surface area contributed by atoms with E-state index in [9.17, 15) is 22.4 Å². The Balaban J connectivity index is 1.63. The van der Waals surface area contributed by atoms with Crippen LogP contribution in [0.15, 0.2) is 77.8 Å². The van der Waals surface area contributed by atoms with E-state index in [-0.39, 0.29) is 42.6 Å². The van der Waals surface area contributed by atoms with Crippen molar-refractivity contribution in [2.24, 2.45) is 5.92 Å². The molecule has 3 aromatic carbocycles. The minimum absolute atomic E-state index is 0.0151. The zero-order valence-electron chi connectivity index (χ0n) is 25.9. The van der Waals surface area contributed by atoms with Crippen molar-refractivity contribution in [1.82, 2.24) is 9.88 Å². The molecule has 242 valence electrons. The Morgan fingerprint density at radius 3 is 2.59 bits per heavy atom. The van der Waals surface area contributed by atoms with Crippen LogP contribution < -0.4 is 15.8 Å². The number of hydrogen-bond acceptors (Lipinski definition) is 9. The number of pyridine rings is 1. The molecule has 1 aliphatic rings. The second kappa shape index (κ2) is 13.7. The molecule has 12 heteroatoms. The summed E-state index contributed by atoms with van der Waals surface area (Å²) in [5.41, 5.74) is 7.38. The Bertz CT molecular complexity index is 1870. The molecule has 10 nitrogen and oxygen atoms in total. The number of anilines is 2. The second-order valence-electron chi connectivity index (χ2n) is 10.9. The maximum Gasteiger partial charge on any atom is 0.311 e. The molecule has 2 heterocycles. The highest BCUT2D eigenvalue weighted by atomic mass is 32.2. The molecule has 3 N–H and O–H groups in total. The van der Waals surface area contributed by atoms with E-state index in [2.05, 4.69) is 10.3 Å². The zero-order chi connectivity index (χ0) is 33.0. The lowest BCUT2D eigenvalue weighted by Gasteiger charge is -2.33. The first kappa shape index (κ1) is 32.7. The summed E-state index contributed by atoms with van der Waals surface area (Å²) in [7, 11) is -3.72. The van der Waals surface area contributed by atoms with E-state index >= 15 is 0 Å². The number of nitrogens with two attached hydrogens (primary N) is 1. The predicted molar refractivity (Wildman–Crippen MR) is 173 cm³/mol. The number of amides is 1. The number of nitrogen functional groups attached to an aromatic ring is 1. The molecule has 0 bridgehead atoms. The monoisotopic (exact) mass is 648 g/mol. The Labute approximate surface area is 267 Å². The number of nitrogens with one attached hydrogen (secondary N) is 1. The highest BCUT2D eigenvalue weighted by Crippen LogP contribution is 2.43. The number of benzene rings is 3. The topological polar surface area (TPSA) is 141 Å². The van der Waals surface area contributed by atoms with Gasteiger partial charge in [-0.3, -0.25) is 9.59 Å². The summed E-state index contributed by atoms with van der Waals surface area (Å²) in [5, 5.41) is 4.83. The highest BCUT2D eigenvalue weighted by molar-refractivity contribution is 7.91. The maximum atomic E-state index is 14.8. The fraction of sp³-hybridized carbons (Fsp3) is 0.324. The van der Waals surface area contributed by atoms with Crippen LogP contribution in [0, 0.1) is 11.7 Å². The van der Waals surface area contributed by atoms with E-state index in [0.29, 0.717) is 22.6 Å². The minimum atomic E-state index is -3.72. The first-order chi connectivity index (χ1) is 22.1. The van der Waals surface area contributed by atoms with Gasteiger partial charge in [0.2, 0.25) is 5.91 Å². The number of rotatable bonds is 11. The van der Waals surface area contributed by atoms with E-state index < -0.39 is 45.5 Å². The van der Waals surface area contributed by atoms with Gasteiger partial charge in [0.15, 0.2) is 21.4 Å². The number of esters is 1. The van der Waals surface area contributed by atoms with E-state index in [0.717, 1.165) is 10.8 Å². The quantitative estimate of drug-likeness (QED) is 0.203. The third kappa shape index (κ3) is 6.48. The summed E-state index contributed by atoms with van der Waals surface area (Å²) in [6.07, 6.45) is 1.85. The molecular formula is C34H37FN4O6S. The zero-order valence-corrected chi connectivity index (χ0v) is 26.7. The number of ether oxygens (including phenoxy) is 2. The van der Waals surface area contributed by atoms with Gasteiger partial charge in [0, 0.05) is 23.8 Å². The molecule has 0 radical (unpaired) electrons. The largest absolute Gasteiger partial charge is 0.491 e. The number of carbonyl (C=O) groups excluding carboxylic acids is 2. The Morgan fingerprint density at radius 1 is 1.07 bits per heavy atom. The van der Waals surface area contributed by atoms with Crippen LogP contribution in [0.1, 0.15) is 50.4 Å².